The average molecular weight is 287 g/mol. The summed E-state index contributed by atoms with van der Waals surface area (Å²) in [4.78, 5) is 33.4. The molecule has 8 nitrogen and oxygen atoms in total. The van der Waals surface area contributed by atoms with E-state index in [0.29, 0.717) is 39.0 Å². The molecule has 0 aliphatic carbocycles. The normalized spacial score (nSPS) is 17.2. The summed E-state index contributed by atoms with van der Waals surface area (Å²) >= 11 is 0. The second kappa shape index (κ2) is 7.68. The number of nitrogens with two attached hydrogens (primary N) is 1. The number of primary amides is 1. The molecule has 0 aromatic heterocycles. The van der Waals surface area contributed by atoms with Crippen LogP contribution < -0.4 is 16.4 Å². The summed E-state index contributed by atoms with van der Waals surface area (Å²) < 4.78 is 5.15. The van der Waals surface area contributed by atoms with Crippen molar-refractivity contribution in [2.24, 2.45) is 11.1 Å². The minimum atomic E-state index is -0.956. The highest BCUT2D eigenvalue weighted by atomic mass is 16.5. The van der Waals surface area contributed by atoms with Gasteiger partial charge in [-0.25, -0.2) is 4.79 Å². The molecule has 1 heterocycles. The first-order chi connectivity index (χ1) is 9.46. The number of aliphatic carboxylic acids is 1. The number of hydrogen-bond donors (Lipinski definition) is 4. The van der Waals surface area contributed by atoms with Crippen molar-refractivity contribution in [1.29, 1.82) is 0 Å². The Hall–Kier alpha value is -1.83. The number of hydrogen-bond acceptors (Lipinski definition) is 4. The van der Waals surface area contributed by atoms with E-state index in [2.05, 4.69) is 10.6 Å². The molecule has 3 amide bonds. The zero-order chi connectivity index (χ0) is 15.0. The molecule has 0 spiro atoms. The van der Waals surface area contributed by atoms with Gasteiger partial charge in [0.15, 0.2) is 0 Å². The molecule has 8 heteroatoms. The number of nitrogens with one attached hydrogen (secondary N) is 2. The Morgan fingerprint density at radius 1 is 1.20 bits per heavy atom. The molecule has 0 aromatic carbocycles. The standard InChI is InChI=1S/C12H21N3O5/c13-9(16)2-1-5-14-11(19)15-8-12(10(17)18)3-6-20-7-4-12/h1-8H2,(H2,13,16)(H,17,18)(H2,14,15,19). The number of carboxylic acids is 1. The van der Waals surface area contributed by atoms with Crippen molar-refractivity contribution in [3.8, 4) is 0 Å². The summed E-state index contributed by atoms with van der Waals surface area (Å²) in [5.74, 6) is -1.34. The van der Waals surface area contributed by atoms with E-state index in [1.54, 1.807) is 0 Å². The van der Waals surface area contributed by atoms with Crippen molar-refractivity contribution in [1.82, 2.24) is 10.6 Å². The highest BCUT2D eigenvalue weighted by Gasteiger charge is 2.40. The van der Waals surface area contributed by atoms with Gasteiger partial charge in [-0.3, -0.25) is 9.59 Å². The van der Waals surface area contributed by atoms with Gasteiger partial charge in [-0.1, -0.05) is 0 Å². The predicted molar refractivity (Wildman–Crippen MR) is 70.0 cm³/mol. The second-order valence-electron chi connectivity index (χ2n) is 4.88. The monoisotopic (exact) mass is 287 g/mol. The lowest BCUT2D eigenvalue weighted by molar-refractivity contribution is -0.154. The molecule has 0 atom stereocenters. The van der Waals surface area contributed by atoms with Crippen LogP contribution >= 0.6 is 0 Å². The molecular weight excluding hydrogens is 266 g/mol. The second-order valence-corrected chi connectivity index (χ2v) is 4.88. The lowest BCUT2D eigenvalue weighted by Gasteiger charge is -2.33. The van der Waals surface area contributed by atoms with Crippen molar-refractivity contribution in [2.45, 2.75) is 25.7 Å². The molecule has 1 aliphatic heterocycles. The van der Waals surface area contributed by atoms with Crippen LogP contribution in [-0.4, -0.2) is 49.3 Å². The summed E-state index contributed by atoms with van der Waals surface area (Å²) in [6, 6.07) is -0.443. The Morgan fingerprint density at radius 3 is 2.40 bits per heavy atom. The van der Waals surface area contributed by atoms with Crippen LogP contribution in [0.25, 0.3) is 0 Å². The summed E-state index contributed by atoms with van der Waals surface area (Å²) in [6.07, 6.45) is 1.42. The molecular formula is C12H21N3O5. The molecule has 0 bridgehead atoms. The van der Waals surface area contributed by atoms with Crippen LogP contribution in [-0.2, 0) is 14.3 Å². The van der Waals surface area contributed by atoms with Crippen LogP contribution in [0.5, 0.6) is 0 Å². The fraction of sp³-hybridized carbons (Fsp3) is 0.750. The van der Waals surface area contributed by atoms with E-state index in [-0.39, 0.29) is 13.0 Å². The van der Waals surface area contributed by atoms with Gasteiger partial charge in [0.1, 0.15) is 0 Å². The van der Waals surface area contributed by atoms with Gasteiger partial charge in [0, 0.05) is 32.7 Å². The van der Waals surface area contributed by atoms with Crippen LogP contribution in [0.15, 0.2) is 0 Å². The van der Waals surface area contributed by atoms with E-state index in [9.17, 15) is 19.5 Å². The number of amides is 3. The number of urea groups is 1. The van der Waals surface area contributed by atoms with Gasteiger partial charge in [0.2, 0.25) is 5.91 Å². The van der Waals surface area contributed by atoms with E-state index in [4.69, 9.17) is 10.5 Å². The Bertz CT molecular complexity index is 366. The molecule has 0 radical (unpaired) electrons. The van der Waals surface area contributed by atoms with Crippen LogP contribution in [0, 0.1) is 5.41 Å². The van der Waals surface area contributed by atoms with E-state index < -0.39 is 23.3 Å². The SMILES string of the molecule is NC(=O)CCCNC(=O)NCC1(C(=O)O)CCOCC1. The van der Waals surface area contributed by atoms with Crippen LogP contribution in [0.1, 0.15) is 25.7 Å². The van der Waals surface area contributed by atoms with E-state index in [0.717, 1.165) is 0 Å². The third kappa shape index (κ3) is 5.04. The number of ether oxygens (including phenoxy) is 1. The Kier molecular flexibility index (Phi) is 6.23. The van der Waals surface area contributed by atoms with Crippen molar-refractivity contribution < 1.29 is 24.2 Å². The molecule has 1 fully saturated rings. The van der Waals surface area contributed by atoms with Gasteiger partial charge in [0.05, 0.1) is 5.41 Å². The first-order valence-corrected chi connectivity index (χ1v) is 6.57. The van der Waals surface area contributed by atoms with E-state index >= 15 is 0 Å². The van der Waals surface area contributed by atoms with Gasteiger partial charge < -0.3 is 26.2 Å². The Morgan fingerprint density at radius 2 is 1.85 bits per heavy atom. The zero-order valence-corrected chi connectivity index (χ0v) is 11.3. The number of rotatable bonds is 7. The zero-order valence-electron chi connectivity index (χ0n) is 11.3. The van der Waals surface area contributed by atoms with Crippen LogP contribution in [0.4, 0.5) is 4.79 Å². The first-order valence-electron chi connectivity index (χ1n) is 6.57. The molecule has 1 aliphatic rings. The topological polar surface area (TPSA) is 131 Å². The van der Waals surface area contributed by atoms with Crippen LogP contribution in [0.3, 0.4) is 0 Å². The molecule has 114 valence electrons. The molecule has 5 N–H and O–H groups in total. The lowest BCUT2D eigenvalue weighted by atomic mass is 9.80. The highest BCUT2D eigenvalue weighted by Crippen LogP contribution is 2.29. The third-order valence-corrected chi connectivity index (χ3v) is 3.38. The minimum absolute atomic E-state index is 0.0628. The molecule has 0 unspecified atom stereocenters. The quantitative estimate of drug-likeness (QED) is 0.466. The maximum atomic E-state index is 11.5. The van der Waals surface area contributed by atoms with Crippen LogP contribution in [0.2, 0.25) is 0 Å². The lowest BCUT2D eigenvalue weighted by Crippen LogP contribution is -2.48. The fourth-order valence-corrected chi connectivity index (χ4v) is 2.00. The summed E-state index contributed by atoms with van der Waals surface area (Å²) in [7, 11) is 0. The van der Waals surface area contributed by atoms with Crippen molar-refractivity contribution in [3.05, 3.63) is 0 Å². The maximum Gasteiger partial charge on any atom is 0.314 e. The largest absolute Gasteiger partial charge is 0.481 e. The van der Waals surface area contributed by atoms with E-state index in [1.165, 1.54) is 0 Å². The van der Waals surface area contributed by atoms with Gasteiger partial charge in [-0.2, -0.15) is 0 Å². The smallest absolute Gasteiger partial charge is 0.314 e. The Labute approximate surface area is 117 Å². The van der Waals surface area contributed by atoms with Crippen molar-refractivity contribution in [2.75, 3.05) is 26.3 Å². The summed E-state index contributed by atoms with van der Waals surface area (Å²) in [5.41, 5.74) is 4.02. The predicted octanol–water partition coefficient (Wildman–Crippen LogP) is -0.567. The number of carboxylic acid groups (broad SMARTS) is 1. The summed E-state index contributed by atoms with van der Waals surface area (Å²) in [6.45, 7) is 1.15. The first kappa shape index (κ1) is 16.2. The van der Waals surface area contributed by atoms with Gasteiger partial charge in [0.25, 0.3) is 0 Å². The highest BCUT2D eigenvalue weighted by molar-refractivity contribution is 5.78. The van der Waals surface area contributed by atoms with E-state index in [1.807, 2.05) is 0 Å². The Balaban J connectivity index is 2.30. The van der Waals surface area contributed by atoms with Gasteiger partial charge in [-0.05, 0) is 19.3 Å². The molecule has 1 rings (SSSR count). The molecule has 20 heavy (non-hydrogen) atoms. The number of carbonyl (C=O) groups is 3. The van der Waals surface area contributed by atoms with Crippen molar-refractivity contribution in [3.63, 3.8) is 0 Å². The third-order valence-electron chi connectivity index (χ3n) is 3.38. The molecule has 1 saturated heterocycles. The molecule has 0 aromatic rings. The maximum absolute atomic E-state index is 11.5. The molecule has 0 saturated carbocycles. The summed E-state index contributed by atoms with van der Waals surface area (Å²) in [5, 5.41) is 14.4. The minimum Gasteiger partial charge on any atom is -0.481 e. The average Bonchev–Trinajstić information content (AvgIpc) is 2.42. The van der Waals surface area contributed by atoms with Gasteiger partial charge >= 0.3 is 12.0 Å². The van der Waals surface area contributed by atoms with Crippen molar-refractivity contribution >= 4 is 17.9 Å². The fourth-order valence-electron chi connectivity index (χ4n) is 2.00. The number of carbonyl (C=O) groups excluding carboxylic acids is 2. The van der Waals surface area contributed by atoms with Gasteiger partial charge in [-0.15, -0.1) is 0 Å².